The maximum Gasteiger partial charge on any atom is 0.229 e. The summed E-state index contributed by atoms with van der Waals surface area (Å²) in [7, 11) is 0. The van der Waals surface area contributed by atoms with Gasteiger partial charge in [-0.1, -0.05) is 49.3 Å². The molecular weight excluding hydrogens is 274 g/mol. The Balaban J connectivity index is 1.63. The van der Waals surface area contributed by atoms with Gasteiger partial charge in [0.25, 0.3) is 0 Å². The van der Waals surface area contributed by atoms with Crippen LogP contribution in [0, 0.1) is 0 Å². The van der Waals surface area contributed by atoms with Crippen LogP contribution < -0.4 is 0 Å². The molecule has 116 valence electrons. The highest BCUT2D eigenvalue weighted by Crippen LogP contribution is 2.48. The van der Waals surface area contributed by atoms with Gasteiger partial charge < -0.3 is 4.52 Å². The zero-order chi connectivity index (χ0) is 15.1. The van der Waals surface area contributed by atoms with Gasteiger partial charge in [0.05, 0.1) is 0 Å². The fraction of sp³-hybridized carbons (Fsp3) is 0.556. The predicted octanol–water partition coefficient (Wildman–Crippen LogP) is 3.89. The van der Waals surface area contributed by atoms with Gasteiger partial charge in [-0.05, 0) is 31.4 Å². The van der Waals surface area contributed by atoms with E-state index in [1.54, 1.807) is 0 Å². The van der Waals surface area contributed by atoms with E-state index in [-0.39, 0.29) is 0 Å². The van der Waals surface area contributed by atoms with Gasteiger partial charge in [0.1, 0.15) is 0 Å². The minimum absolute atomic E-state index is 0.298. The molecule has 0 radical (unpaired) electrons. The number of aromatic nitrogens is 2. The number of benzene rings is 1. The van der Waals surface area contributed by atoms with Crippen molar-refractivity contribution in [1.29, 1.82) is 0 Å². The van der Waals surface area contributed by atoms with E-state index in [4.69, 9.17) is 4.52 Å². The Morgan fingerprint density at radius 1 is 1.23 bits per heavy atom. The minimum atomic E-state index is 0.298. The average Bonchev–Trinajstić information content (AvgIpc) is 3.23. The third-order valence-electron chi connectivity index (χ3n) is 5.15. The molecule has 2 saturated heterocycles. The molecule has 3 heterocycles. The molecule has 4 rings (SSSR count). The number of rotatable bonds is 3. The highest BCUT2D eigenvalue weighted by Gasteiger charge is 2.46. The Labute approximate surface area is 131 Å². The SMILES string of the molecule is CC(C)c1nc([C@H]2C[C@@H](c3ccccc3)N3CCC[C@H]23)no1. The summed E-state index contributed by atoms with van der Waals surface area (Å²) in [4.78, 5) is 7.33. The summed E-state index contributed by atoms with van der Waals surface area (Å²) in [6.07, 6.45) is 3.63. The van der Waals surface area contributed by atoms with Crippen LogP contribution in [0.15, 0.2) is 34.9 Å². The molecule has 0 bridgehead atoms. The summed E-state index contributed by atoms with van der Waals surface area (Å²) in [5.41, 5.74) is 1.42. The molecule has 22 heavy (non-hydrogen) atoms. The maximum atomic E-state index is 5.45. The number of fused-ring (bicyclic) bond motifs is 1. The molecule has 3 atom stereocenters. The number of hydrogen-bond acceptors (Lipinski definition) is 4. The van der Waals surface area contributed by atoms with E-state index in [9.17, 15) is 0 Å². The third kappa shape index (κ3) is 2.26. The Hall–Kier alpha value is -1.68. The molecule has 2 aliphatic heterocycles. The zero-order valence-electron chi connectivity index (χ0n) is 13.3. The smallest absolute Gasteiger partial charge is 0.229 e. The lowest BCUT2D eigenvalue weighted by Gasteiger charge is -2.24. The second kappa shape index (κ2) is 5.51. The molecule has 0 saturated carbocycles. The minimum Gasteiger partial charge on any atom is -0.339 e. The molecule has 2 fully saturated rings. The van der Waals surface area contributed by atoms with E-state index in [2.05, 4.69) is 59.2 Å². The van der Waals surface area contributed by atoms with Crippen molar-refractivity contribution in [2.45, 2.75) is 57.0 Å². The standard InChI is InChI=1S/C18H23N3O/c1-12(2)18-19-17(20-22-18)14-11-16(13-7-4-3-5-8-13)21-10-6-9-15(14)21/h3-5,7-8,12,14-16H,6,9-11H2,1-2H3/t14-,15+,16-/m0/s1. The van der Waals surface area contributed by atoms with Crippen molar-refractivity contribution < 1.29 is 4.52 Å². The molecule has 4 nitrogen and oxygen atoms in total. The summed E-state index contributed by atoms with van der Waals surface area (Å²) in [6, 6.07) is 11.9. The Morgan fingerprint density at radius 3 is 2.77 bits per heavy atom. The molecule has 1 aromatic carbocycles. The van der Waals surface area contributed by atoms with Crippen LogP contribution in [0.2, 0.25) is 0 Å². The molecule has 0 N–H and O–H groups in total. The molecule has 4 heteroatoms. The van der Waals surface area contributed by atoms with Gasteiger partial charge in [0, 0.05) is 23.9 Å². The third-order valence-corrected chi connectivity index (χ3v) is 5.15. The fourth-order valence-corrected chi connectivity index (χ4v) is 4.08. The molecular formula is C18H23N3O. The van der Waals surface area contributed by atoms with Crippen molar-refractivity contribution in [3.63, 3.8) is 0 Å². The van der Waals surface area contributed by atoms with Crippen LogP contribution >= 0.6 is 0 Å². The second-order valence-corrected chi connectivity index (χ2v) is 6.86. The van der Waals surface area contributed by atoms with E-state index in [1.807, 2.05) is 0 Å². The van der Waals surface area contributed by atoms with Crippen LogP contribution in [0.3, 0.4) is 0 Å². The molecule has 2 aromatic rings. The van der Waals surface area contributed by atoms with Gasteiger partial charge >= 0.3 is 0 Å². The Kier molecular flexibility index (Phi) is 3.49. The predicted molar refractivity (Wildman–Crippen MR) is 84.7 cm³/mol. The van der Waals surface area contributed by atoms with Crippen LogP contribution in [-0.2, 0) is 0 Å². The molecule has 1 aromatic heterocycles. The largest absolute Gasteiger partial charge is 0.339 e. The second-order valence-electron chi connectivity index (χ2n) is 6.86. The van der Waals surface area contributed by atoms with Crippen LogP contribution in [0.4, 0.5) is 0 Å². The van der Waals surface area contributed by atoms with Gasteiger partial charge in [0.15, 0.2) is 5.82 Å². The first-order valence-electron chi connectivity index (χ1n) is 8.38. The van der Waals surface area contributed by atoms with Crippen molar-refractivity contribution in [1.82, 2.24) is 15.0 Å². The summed E-state index contributed by atoms with van der Waals surface area (Å²) in [6.45, 7) is 5.39. The van der Waals surface area contributed by atoms with E-state index in [0.29, 0.717) is 23.9 Å². The molecule has 2 aliphatic rings. The van der Waals surface area contributed by atoms with E-state index in [1.165, 1.54) is 24.9 Å². The van der Waals surface area contributed by atoms with E-state index < -0.39 is 0 Å². The van der Waals surface area contributed by atoms with Crippen LogP contribution in [-0.4, -0.2) is 27.6 Å². The Bertz CT molecular complexity index is 637. The van der Waals surface area contributed by atoms with Crippen LogP contribution in [0.25, 0.3) is 0 Å². The monoisotopic (exact) mass is 297 g/mol. The molecule has 0 unspecified atom stereocenters. The normalized spacial score (nSPS) is 28.4. The summed E-state index contributed by atoms with van der Waals surface area (Å²) in [5, 5.41) is 4.30. The Morgan fingerprint density at radius 2 is 2.05 bits per heavy atom. The highest BCUT2D eigenvalue weighted by atomic mass is 16.5. The van der Waals surface area contributed by atoms with Crippen LogP contribution in [0.1, 0.15) is 68.3 Å². The molecule has 0 spiro atoms. The number of nitrogens with zero attached hydrogens (tertiary/aromatic N) is 3. The van der Waals surface area contributed by atoms with Crippen molar-refractivity contribution >= 4 is 0 Å². The average molecular weight is 297 g/mol. The van der Waals surface area contributed by atoms with Crippen molar-refractivity contribution in [2.24, 2.45) is 0 Å². The quantitative estimate of drug-likeness (QED) is 0.862. The first kappa shape index (κ1) is 13.9. The lowest BCUT2D eigenvalue weighted by Crippen LogP contribution is -2.27. The van der Waals surface area contributed by atoms with Gasteiger partial charge in [-0.25, -0.2) is 0 Å². The van der Waals surface area contributed by atoms with Gasteiger partial charge in [-0.15, -0.1) is 0 Å². The summed E-state index contributed by atoms with van der Waals surface area (Å²) >= 11 is 0. The number of hydrogen-bond donors (Lipinski definition) is 0. The lowest BCUT2D eigenvalue weighted by molar-refractivity contribution is 0.243. The fourth-order valence-electron chi connectivity index (χ4n) is 4.08. The van der Waals surface area contributed by atoms with Crippen molar-refractivity contribution in [3.05, 3.63) is 47.6 Å². The topological polar surface area (TPSA) is 42.2 Å². The molecule has 0 aliphatic carbocycles. The zero-order valence-corrected chi connectivity index (χ0v) is 13.3. The first-order valence-corrected chi connectivity index (χ1v) is 8.38. The van der Waals surface area contributed by atoms with Gasteiger partial charge in [-0.3, -0.25) is 4.90 Å². The van der Waals surface area contributed by atoms with E-state index >= 15 is 0 Å². The van der Waals surface area contributed by atoms with Crippen molar-refractivity contribution in [2.75, 3.05) is 6.54 Å². The summed E-state index contributed by atoms with van der Waals surface area (Å²) < 4.78 is 5.45. The van der Waals surface area contributed by atoms with Gasteiger partial charge in [-0.2, -0.15) is 4.98 Å². The highest BCUT2D eigenvalue weighted by molar-refractivity contribution is 5.24. The van der Waals surface area contributed by atoms with Crippen LogP contribution in [0.5, 0.6) is 0 Å². The van der Waals surface area contributed by atoms with Crippen molar-refractivity contribution in [3.8, 4) is 0 Å². The summed E-state index contributed by atoms with van der Waals surface area (Å²) in [5.74, 6) is 2.39. The molecule has 0 amide bonds. The first-order chi connectivity index (χ1) is 10.7. The maximum absolute atomic E-state index is 5.45. The van der Waals surface area contributed by atoms with E-state index in [0.717, 1.165) is 18.1 Å². The lowest BCUT2D eigenvalue weighted by atomic mass is 9.94. The van der Waals surface area contributed by atoms with Gasteiger partial charge in [0.2, 0.25) is 5.89 Å².